The first-order chi connectivity index (χ1) is 3.42. The van der Waals surface area contributed by atoms with E-state index in [1.54, 1.807) is 0 Å². The van der Waals surface area contributed by atoms with Gasteiger partial charge in [0.05, 0.1) is 0 Å². The van der Waals surface area contributed by atoms with Gasteiger partial charge in [-0.3, -0.25) is 0 Å². The van der Waals surface area contributed by atoms with E-state index in [4.69, 9.17) is 0 Å². The molecule has 0 aromatic rings. The van der Waals surface area contributed by atoms with Crippen LogP contribution in [-0.2, 0) is 12.3 Å². The molecule has 48 valence electrons. The Kier molecular flexibility index (Phi) is 2.35. The van der Waals surface area contributed by atoms with E-state index in [1.165, 1.54) is 18.3 Å². The Morgan fingerprint density at radius 1 is 1.50 bits per heavy atom. The molecule has 0 unspecified atom stereocenters. The number of rotatable bonds is 1. The molecule has 0 fully saturated rings. The summed E-state index contributed by atoms with van der Waals surface area (Å²) in [6, 6.07) is 0. The quantitative estimate of drug-likeness (QED) is 0.557. The van der Waals surface area contributed by atoms with Gasteiger partial charge in [0.25, 0.3) is 0 Å². The van der Waals surface area contributed by atoms with Crippen LogP contribution in [0.25, 0.3) is 0 Å². The van der Waals surface area contributed by atoms with Crippen molar-refractivity contribution in [2.75, 3.05) is 0 Å². The molecule has 0 N–H and O–H groups in total. The minimum absolute atomic E-state index is 0.461. The molecule has 0 spiro atoms. The van der Waals surface area contributed by atoms with Crippen molar-refractivity contribution >= 4 is 19.8 Å². The van der Waals surface area contributed by atoms with Crippen LogP contribution in [0.1, 0.15) is 6.92 Å². The summed E-state index contributed by atoms with van der Waals surface area (Å²) in [7, 11) is 0. The second-order valence-electron chi connectivity index (χ2n) is 1.83. The summed E-state index contributed by atoms with van der Waals surface area (Å²) < 4.78 is 15.1. The first kappa shape index (κ1) is 7.83. The van der Waals surface area contributed by atoms with Gasteiger partial charge >= 0.3 is 50.4 Å². The van der Waals surface area contributed by atoms with E-state index >= 15 is 0 Å². The van der Waals surface area contributed by atoms with E-state index < -0.39 is 19.8 Å². The van der Waals surface area contributed by atoms with Crippen molar-refractivity contribution in [2.45, 2.75) is 18.3 Å². The first-order valence-corrected chi connectivity index (χ1v) is 7.45. The molecular weight excluding hydrogens is 171 g/mol. The number of carbonyl (C=O) groups is 1. The fourth-order valence-corrected chi connectivity index (χ4v) is 1.61. The maximum absolute atomic E-state index is 10.6. The molecule has 0 aliphatic rings. The number of hydrogen-bond donors (Lipinski definition) is 0. The third-order valence-electron chi connectivity index (χ3n) is 0.348. The summed E-state index contributed by atoms with van der Waals surface area (Å²) in [6.07, 6.45) is 0. The first-order valence-electron chi connectivity index (χ1n) is 2.17. The van der Waals surface area contributed by atoms with Crippen LogP contribution in [0.5, 0.6) is 0 Å². The van der Waals surface area contributed by atoms with Gasteiger partial charge in [0.15, 0.2) is 0 Å². The van der Waals surface area contributed by atoms with E-state index in [9.17, 15) is 8.53 Å². The monoisotopic (exact) mass is 180 g/mol. The predicted molar refractivity (Wildman–Crippen MR) is 29.9 cm³/mol. The van der Waals surface area contributed by atoms with Crippen molar-refractivity contribution in [2.24, 2.45) is 0 Å². The molecule has 0 rings (SSSR count). The van der Waals surface area contributed by atoms with Crippen LogP contribution in [0.2, 0.25) is 11.4 Å². The zero-order valence-electron chi connectivity index (χ0n) is 5.17. The van der Waals surface area contributed by atoms with Crippen LogP contribution < -0.4 is 0 Å². The number of hydrogen-bond acceptors (Lipinski definition) is 3. The molecule has 0 aromatic heterocycles. The predicted octanol–water partition coefficient (Wildman–Crippen LogP) is 0.682. The maximum atomic E-state index is 10.6. The molecule has 0 atom stereocenters. The molecule has 0 aliphatic heterocycles. The van der Waals surface area contributed by atoms with Gasteiger partial charge in [0, 0.05) is 0 Å². The van der Waals surface area contributed by atoms with Crippen molar-refractivity contribution in [3.63, 3.8) is 0 Å². The van der Waals surface area contributed by atoms with Gasteiger partial charge in [-0.1, -0.05) is 0 Å². The molecule has 3 nitrogen and oxygen atoms in total. The summed E-state index contributed by atoms with van der Waals surface area (Å²) in [4.78, 5) is 10.1. The summed E-state index contributed by atoms with van der Waals surface area (Å²) in [5, 5.41) is 0. The van der Waals surface area contributed by atoms with Crippen LogP contribution in [0.15, 0.2) is 0 Å². The van der Waals surface area contributed by atoms with Gasteiger partial charge in [0.1, 0.15) is 0 Å². The van der Waals surface area contributed by atoms with E-state index in [0.717, 1.165) is 0 Å². The van der Waals surface area contributed by atoms with Gasteiger partial charge in [-0.05, 0) is 0 Å². The van der Waals surface area contributed by atoms with Crippen molar-refractivity contribution in [3.8, 4) is 0 Å². The standard InChI is InChI=1S/C4H9AsO3/c1-4(6)8-5(2,3)7/h1-3H3. The second-order valence-corrected chi connectivity index (χ2v) is 7.47. The molecule has 0 aliphatic carbocycles. The van der Waals surface area contributed by atoms with Crippen molar-refractivity contribution in [3.05, 3.63) is 0 Å². The normalized spacial score (nSPS) is 10.9. The van der Waals surface area contributed by atoms with E-state index in [2.05, 4.69) is 3.73 Å². The Bertz CT molecular complexity index is 134. The van der Waals surface area contributed by atoms with Crippen molar-refractivity contribution in [1.82, 2.24) is 0 Å². The average Bonchev–Trinajstić information content (AvgIpc) is 1.21. The third kappa shape index (κ3) is 5.83. The molecular formula is C4H9AsO3. The Morgan fingerprint density at radius 3 is 1.88 bits per heavy atom. The molecule has 0 bridgehead atoms. The molecule has 0 radical (unpaired) electrons. The zero-order valence-corrected chi connectivity index (χ0v) is 7.05. The van der Waals surface area contributed by atoms with Gasteiger partial charge in [-0.25, -0.2) is 0 Å². The molecule has 0 saturated carbocycles. The average molecular weight is 180 g/mol. The molecule has 0 aromatic carbocycles. The topological polar surface area (TPSA) is 43.4 Å². The van der Waals surface area contributed by atoms with Gasteiger partial charge in [-0.15, -0.1) is 0 Å². The Hall–Kier alpha value is -0.172. The van der Waals surface area contributed by atoms with Crippen LogP contribution >= 0.6 is 0 Å². The molecule has 4 heteroatoms. The molecule has 0 amide bonds. The van der Waals surface area contributed by atoms with Crippen LogP contribution in [0.3, 0.4) is 0 Å². The SMILES string of the molecule is CC(=O)O[As](C)(C)=O. The van der Waals surface area contributed by atoms with Crippen molar-refractivity contribution < 1.29 is 12.3 Å². The summed E-state index contributed by atoms with van der Waals surface area (Å²) >= 11 is -3.11. The summed E-state index contributed by atoms with van der Waals surface area (Å²) in [6.45, 7) is 1.25. The fraction of sp³-hybridized carbons (Fsp3) is 0.750. The Morgan fingerprint density at radius 2 is 1.88 bits per heavy atom. The van der Waals surface area contributed by atoms with Gasteiger partial charge in [-0.2, -0.15) is 0 Å². The zero-order chi connectivity index (χ0) is 6.78. The van der Waals surface area contributed by atoms with Gasteiger partial charge < -0.3 is 0 Å². The van der Waals surface area contributed by atoms with E-state index in [0.29, 0.717) is 0 Å². The van der Waals surface area contributed by atoms with Crippen LogP contribution in [0, 0.1) is 0 Å². The summed E-state index contributed by atoms with van der Waals surface area (Å²) in [5.41, 5.74) is 2.92. The Balaban J connectivity index is 3.74. The minimum atomic E-state index is -3.11. The van der Waals surface area contributed by atoms with Gasteiger partial charge in [0.2, 0.25) is 0 Å². The van der Waals surface area contributed by atoms with Crippen LogP contribution in [0.4, 0.5) is 0 Å². The third-order valence-corrected chi connectivity index (χ3v) is 1.81. The molecule has 0 saturated heterocycles. The van der Waals surface area contributed by atoms with Crippen molar-refractivity contribution in [1.29, 1.82) is 0 Å². The van der Waals surface area contributed by atoms with E-state index in [-0.39, 0.29) is 0 Å². The second kappa shape index (κ2) is 2.40. The summed E-state index contributed by atoms with van der Waals surface area (Å²) in [5.74, 6) is -0.461. The number of carbonyl (C=O) groups excluding carboxylic acids is 1. The van der Waals surface area contributed by atoms with Crippen LogP contribution in [-0.4, -0.2) is 19.8 Å². The Labute approximate surface area is 51.0 Å². The molecule has 8 heavy (non-hydrogen) atoms. The van der Waals surface area contributed by atoms with E-state index in [1.807, 2.05) is 0 Å². The fourth-order valence-electron chi connectivity index (χ4n) is 0.310. The molecule has 0 heterocycles.